The summed E-state index contributed by atoms with van der Waals surface area (Å²) in [4.78, 5) is 47.4. The van der Waals surface area contributed by atoms with Gasteiger partial charge in [-0.1, -0.05) is 17.8 Å². The lowest BCUT2D eigenvalue weighted by Crippen LogP contribution is -2.20. The summed E-state index contributed by atoms with van der Waals surface area (Å²) in [7, 11) is 1.67. The van der Waals surface area contributed by atoms with E-state index >= 15 is 0 Å². The van der Waals surface area contributed by atoms with Crippen molar-refractivity contribution >= 4 is 56.4 Å². The van der Waals surface area contributed by atoms with E-state index in [0.717, 1.165) is 10.4 Å². The standard InChI is InChI=1S/C22H21N3O4S3/c1-5-29-21(28)18-11(2)16(12(3)23-18)14(26)10-32-22-24-19-17(20(27)25(22)4)13(9-31-19)15-7-6-8-30-15/h6-9,23H,5,10H2,1-4H3. The van der Waals surface area contributed by atoms with Gasteiger partial charge in [0, 0.05) is 34.1 Å². The zero-order valence-electron chi connectivity index (χ0n) is 18.0. The molecular weight excluding hydrogens is 466 g/mol. The van der Waals surface area contributed by atoms with Gasteiger partial charge in [0.15, 0.2) is 10.9 Å². The van der Waals surface area contributed by atoms with Gasteiger partial charge in [0.1, 0.15) is 10.5 Å². The van der Waals surface area contributed by atoms with Gasteiger partial charge in [-0.3, -0.25) is 14.2 Å². The van der Waals surface area contributed by atoms with Crippen molar-refractivity contribution in [3.05, 3.63) is 55.8 Å². The number of aryl methyl sites for hydroxylation is 1. The fourth-order valence-corrected chi connectivity index (χ4v) is 6.22. The number of hydrogen-bond donors (Lipinski definition) is 1. The quantitative estimate of drug-likeness (QED) is 0.174. The zero-order chi connectivity index (χ0) is 23.0. The predicted octanol–water partition coefficient (Wildman–Crippen LogP) is 4.82. The molecule has 1 N–H and O–H groups in total. The summed E-state index contributed by atoms with van der Waals surface area (Å²) in [6.07, 6.45) is 0. The largest absolute Gasteiger partial charge is 0.461 e. The molecule has 0 bridgehead atoms. The summed E-state index contributed by atoms with van der Waals surface area (Å²) in [5.41, 5.74) is 2.72. The Labute approximate surface area is 196 Å². The van der Waals surface area contributed by atoms with E-state index in [1.54, 1.807) is 39.2 Å². The number of hydrogen-bond acceptors (Lipinski definition) is 8. The van der Waals surface area contributed by atoms with Gasteiger partial charge in [-0.05, 0) is 37.8 Å². The third-order valence-electron chi connectivity index (χ3n) is 5.09. The van der Waals surface area contributed by atoms with Crippen LogP contribution in [0, 0.1) is 13.8 Å². The van der Waals surface area contributed by atoms with Gasteiger partial charge in [0.2, 0.25) is 0 Å². The second kappa shape index (κ2) is 9.05. The molecule has 0 fully saturated rings. The van der Waals surface area contributed by atoms with E-state index in [-0.39, 0.29) is 23.7 Å². The Kier molecular flexibility index (Phi) is 6.36. The number of H-pyrrole nitrogens is 1. The number of fused-ring (bicyclic) bond motifs is 1. The molecule has 7 nitrogen and oxygen atoms in total. The van der Waals surface area contributed by atoms with Gasteiger partial charge in [-0.15, -0.1) is 22.7 Å². The number of carbonyl (C=O) groups excluding carboxylic acids is 2. The summed E-state index contributed by atoms with van der Waals surface area (Å²) in [6, 6.07) is 3.94. The van der Waals surface area contributed by atoms with Crippen LogP contribution in [-0.4, -0.2) is 38.6 Å². The Bertz CT molecular complexity index is 1380. The van der Waals surface area contributed by atoms with E-state index in [2.05, 4.69) is 9.97 Å². The van der Waals surface area contributed by atoms with E-state index in [1.165, 1.54) is 27.7 Å². The van der Waals surface area contributed by atoms with Crippen molar-refractivity contribution in [2.24, 2.45) is 7.05 Å². The molecule has 0 aliphatic rings. The van der Waals surface area contributed by atoms with Crippen LogP contribution in [-0.2, 0) is 11.8 Å². The second-order valence-electron chi connectivity index (χ2n) is 7.12. The van der Waals surface area contributed by atoms with Crippen LogP contribution in [0.3, 0.4) is 0 Å². The number of nitrogens with zero attached hydrogens (tertiary/aromatic N) is 2. The topological polar surface area (TPSA) is 94.1 Å². The fourth-order valence-electron chi connectivity index (χ4n) is 3.57. The molecule has 0 unspecified atom stereocenters. The maximum Gasteiger partial charge on any atom is 0.355 e. The molecular formula is C22H21N3O4S3. The van der Waals surface area contributed by atoms with Crippen molar-refractivity contribution in [3.8, 4) is 10.4 Å². The van der Waals surface area contributed by atoms with Crippen LogP contribution in [0.4, 0.5) is 0 Å². The molecule has 0 radical (unpaired) electrons. The molecule has 4 heterocycles. The van der Waals surface area contributed by atoms with E-state index in [4.69, 9.17) is 4.74 Å². The number of aromatic nitrogens is 3. The lowest BCUT2D eigenvalue weighted by Gasteiger charge is -2.08. The van der Waals surface area contributed by atoms with Crippen LogP contribution in [0.1, 0.15) is 39.0 Å². The summed E-state index contributed by atoms with van der Waals surface area (Å²) in [5, 5.41) is 5.01. The van der Waals surface area contributed by atoms with Crippen LogP contribution in [0.5, 0.6) is 0 Å². The van der Waals surface area contributed by atoms with E-state index < -0.39 is 5.97 Å². The number of rotatable bonds is 7. The number of Topliss-reactive ketones (excluding diaryl/α,β-unsaturated/α-hetero) is 1. The molecule has 0 atom stereocenters. The molecule has 0 saturated carbocycles. The van der Waals surface area contributed by atoms with E-state index in [1.807, 2.05) is 22.9 Å². The van der Waals surface area contributed by atoms with Gasteiger partial charge < -0.3 is 9.72 Å². The highest BCUT2D eigenvalue weighted by molar-refractivity contribution is 7.99. The first-order valence-electron chi connectivity index (χ1n) is 9.87. The molecule has 4 aromatic heterocycles. The number of esters is 1. The highest BCUT2D eigenvalue weighted by atomic mass is 32.2. The number of nitrogens with one attached hydrogen (secondary N) is 1. The molecule has 4 aromatic rings. The van der Waals surface area contributed by atoms with Gasteiger partial charge in [0.05, 0.1) is 17.7 Å². The third-order valence-corrected chi connectivity index (χ3v) is 7.89. The second-order valence-corrected chi connectivity index (χ2v) is 9.87. The Morgan fingerprint density at radius 2 is 2.06 bits per heavy atom. The minimum absolute atomic E-state index is 0.0940. The van der Waals surface area contributed by atoms with Gasteiger partial charge in [0.25, 0.3) is 5.56 Å². The van der Waals surface area contributed by atoms with Gasteiger partial charge >= 0.3 is 5.97 Å². The van der Waals surface area contributed by atoms with E-state index in [0.29, 0.717) is 37.9 Å². The SMILES string of the molecule is CCOC(=O)c1[nH]c(C)c(C(=O)CSc2nc3scc(-c4cccs4)c3c(=O)n2C)c1C. The Morgan fingerprint density at radius 1 is 1.28 bits per heavy atom. The van der Waals surface area contributed by atoms with Crippen LogP contribution in [0.25, 0.3) is 20.7 Å². The number of ether oxygens (including phenoxy) is 1. The predicted molar refractivity (Wildman–Crippen MR) is 129 cm³/mol. The molecule has 0 aliphatic heterocycles. The molecule has 0 aliphatic carbocycles. The highest BCUT2D eigenvalue weighted by Gasteiger charge is 2.23. The molecule has 10 heteroatoms. The summed E-state index contributed by atoms with van der Waals surface area (Å²) in [6.45, 7) is 5.47. The first kappa shape index (κ1) is 22.5. The minimum atomic E-state index is -0.478. The first-order chi connectivity index (χ1) is 15.3. The molecule has 0 saturated heterocycles. The number of ketones is 1. The number of thioether (sulfide) groups is 1. The maximum atomic E-state index is 13.1. The number of aromatic amines is 1. The summed E-state index contributed by atoms with van der Waals surface area (Å²) >= 11 is 4.22. The van der Waals surface area contributed by atoms with Crippen LogP contribution in [0.15, 0.2) is 32.8 Å². The average molecular weight is 488 g/mol. The molecule has 0 aromatic carbocycles. The molecule has 32 heavy (non-hydrogen) atoms. The molecule has 0 amide bonds. The monoisotopic (exact) mass is 487 g/mol. The van der Waals surface area contributed by atoms with Crippen LogP contribution in [0.2, 0.25) is 0 Å². The third kappa shape index (κ3) is 3.94. The fraction of sp³-hybridized carbons (Fsp3) is 0.273. The van der Waals surface area contributed by atoms with E-state index in [9.17, 15) is 14.4 Å². The summed E-state index contributed by atoms with van der Waals surface area (Å²) in [5.74, 6) is -0.526. The zero-order valence-corrected chi connectivity index (χ0v) is 20.4. The van der Waals surface area contributed by atoms with Crippen molar-refractivity contribution in [1.82, 2.24) is 14.5 Å². The molecule has 0 spiro atoms. The van der Waals surface area contributed by atoms with Crippen molar-refractivity contribution < 1.29 is 14.3 Å². The van der Waals surface area contributed by atoms with Crippen LogP contribution >= 0.6 is 34.4 Å². The lowest BCUT2D eigenvalue weighted by molar-refractivity contribution is 0.0519. The minimum Gasteiger partial charge on any atom is -0.461 e. The summed E-state index contributed by atoms with van der Waals surface area (Å²) < 4.78 is 6.54. The van der Waals surface area contributed by atoms with Crippen molar-refractivity contribution in [3.63, 3.8) is 0 Å². The number of carbonyl (C=O) groups is 2. The highest BCUT2D eigenvalue weighted by Crippen LogP contribution is 2.34. The average Bonchev–Trinajstić information content (AvgIpc) is 3.48. The van der Waals surface area contributed by atoms with Crippen molar-refractivity contribution in [1.29, 1.82) is 0 Å². The smallest absolute Gasteiger partial charge is 0.355 e. The van der Waals surface area contributed by atoms with Crippen LogP contribution < -0.4 is 5.56 Å². The normalized spacial score (nSPS) is 11.2. The Balaban J connectivity index is 1.60. The van der Waals surface area contributed by atoms with Crippen molar-refractivity contribution in [2.75, 3.05) is 12.4 Å². The Hall–Kier alpha value is -2.69. The molecule has 4 rings (SSSR count). The Morgan fingerprint density at radius 3 is 2.75 bits per heavy atom. The van der Waals surface area contributed by atoms with Crippen molar-refractivity contribution in [2.45, 2.75) is 25.9 Å². The maximum absolute atomic E-state index is 13.1. The molecule has 166 valence electrons. The first-order valence-corrected chi connectivity index (χ1v) is 12.6. The van der Waals surface area contributed by atoms with Gasteiger partial charge in [-0.25, -0.2) is 9.78 Å². The lowest BCUT2D eigenvalue weighted by atomic mass is 10.1. The number of thiophene rings is 2. The van der Waals surface area contributed by atoms with Gasteiger partial charge in [-0.2, -0.15) is 0 Å².